The van der Waals surface area contributed by atoms with Gasteiger partial charge in [-0.05, 0) is 42.8 Å². The number of piperazine rings is 1. The lowest BCUT2D eigenvalue weighted by Gasteiger charge is -2.36. The second-order valence-electron chi connectivity index (χ2n) is 8.25. The van der Waals surface area contributed by atoms with E-state index in [2.05, 4.69) is 22.5 Å². The monoisotopic (exact) mass is 490 g/mol. The molecule has 1 aliphatic heterocycles. The molecular weight excluding hydrogens is 459 g/mol. The van der Waals surface area contributed by atoms with Gasteiger partial charge in [0, 0.05) is 44.0 Å². The smallest absolute Gasteiger partial charge is 0.323 e. The maximum absolute atomic E-state index is 12.4. The molecule has 2 N–H and O–H groups in total. The molecule has 0 aromatic heterocycles. The quantitative estimate of drug-likeness (QED) is 0.386. The molecule has 0 aliphatic carbocycles. The lowest BCUT2D eigenvalue weighted by molar-refractivity contribution is -0.131. The van der Waals surface area contributed by atoms with Gasteiger partial charge < -0.3 is 20.4 Å². The van der Waals surface area contributed by atoms with Crippen molar-refractivity contribution in [3.63, 3.8) is 0 Å². The van der Waals surface area contributed by atoms with E-state index >= 15 is 0 Å². The van der Waals surface area contributed by atoms with Gasteiger partial charge in [-0.15, -0.1) is 0 Å². The van der Waals surface area contributed by atoms with Gasteiger partial charge in [0.05, 0.1) is 15.7 Å². The molecule has 1 saturated heterocycles. The van der Waals surface area contributed by atoms with Gasteiger partial charge in [-0.25, -0.2) is 4.79 Å². The van der Waals surface area contributed by atoms with Crippen LogP contribution in [0.5, 0.6) is 0 Å². The van der Waals surface area contributed by atoms with Crippen LogP contribution in [0.4, 0.5) is 21.9 Å². The van der Waals surface area contributed by atoms with Gasteiger partial charge in [0.15, 0.2) is 0 Å². The summed E-state index contributed by atoms with van der Waals surface area (Å²) >= 11 is 12.2. The Labute approximate surface area is 206 Å². The predicted octanol–water partition coefficient (Wildman–Crippen LogP) is 6.65. The summed E-state index contributed by atoms with van der Waals surface area (Å²) in [5.74, 6) is 0.273. The fourth-order valence-corrected chi connectivity index (χ4v) is 4.39. The van der Waals surface area contributed by atoms with Crippen LogP contribution in [0.3, 0.4) is 0 Å². The van der Waals surface area contributed by atoms with Gasteiger partial charge in [0.25, 0.3) is 0 Å². The molecule has 0 unspecified atom stereocenters. The largest absolute Gasteiger partial charge is 0.368 e. The number of halogens is 2. The number of carbonyl (C=O) groups excluding carboxylic acids is 2. The highest BCUT2D eigenvalue weighted by molar-refractivity contribution is 6.39. The van der Waals surface area contributed by atoms with Crippen molar-refractivity contribution in [3.05, 3.63) is 52.5 Å². The first-order valence-corrected chi connectivity index (χ1v) is 12.4. The minimum atomic E-state index is -0.417. The first kappa shape index (κ1) is 25.2. The summed E-state index contributed by atoms with van der Waals surface area (Å²) in [5, 5.41) is 6.23. The molecule has 8 heteroatoms. The first-order chi connectivity index (χ1) is 16.0. The molecule has 0 radical (unpaired) electrons. The Morgan fingerprint density at radius 2 is 1.48 bits per heavy atom. The molecule has 178 valence electrons. The van der Waals surface area contributed by atoms with Crippen LogP contribution >= 0.6 is 23.2 Å². The fraction of sp³-hybridized carbons (Fsp3) is 0.440. The zero-order valence-corrected chi connectivity index (χ0v) is 20.6. The van der Waals surface area contributed by atoms with Crippen LogP contribution in [0.2, 0.25) is 10.0 Å². The Bertz CT molecular complexity index is 908. The molecule has 2 aromatic carbocycles. The van der Waals surface area contributed by atoms with E-state index in [1.807, 2.05) is 29.2 Å². The summed E-state index contributed by atoms with van der Waals surface area (Å²) in [5.41, 5.74) is 2.11. The number of hydrogen-bond donors (Lipinski definition) is 2. The number of hydrogen-bond acceptors (Lipinski definition) is 3. The fourth-order valence-electron chi connectivity index (χ4n) is 3.90. The van der Waals surface area contributed by atoms with Crippen LogP contribution in [0.1, 0.15) is 45.4 Å². The molecule has 1 aliphatic rings. The highest BCUT2D eigenvalue weighted by Gasteiger charge is 2.21. The van der Waals surface area contributed by atoms with Crippen molar-refractivity contribution in [2.75, 3.05) is 41.7 Å². The summed E-state index contributed by atoms with van der Waals surface area (Å²) in [4.78, 5) is 29.0. The van der Waals surface area contributed by atoms with Crippen LogP contribution in [0.15, 0.2) is 42.5 Å². The van der Waals surface area contributed by atoms with E-state index in [9.17, 15) is 9.59 Å². The van der Waals surface area contributed by atoms with Crippen molar-refractivity contribution in [2.24, 2.45) is 0 Å². The molecule has 3 rings (SSSR count). The molecule has 0 saturated carbocycles. The Hall–Kier alpha value is -2.44. The van der Waals surface area contributed by atoms with E-state index in [1.54, 1.807) is 18.2 Å². The van der Waals surface area contributed by atoms with Crippen molar-refractivity contribution >= 4 is 52.2 Å². The van der Waals surface area contributed by atoms with Crippen molar-refractivity contribution in [2.45, 2.75) is 45.4 Å². The van der Waals surface area contributed by atoms with Crippen molar-refractivity contribution < 1.29 is 9.59 Å². The summed E-state index contributed by atoms with van der Waals surface area (Å²) in [6.45, 7) is 5.30. The van der Waals surface area contributed by atoms with Gasteiger partial charge in [0.2, 0.25) is 5.91 Å². The van der Waals surface area contributed by atoms with Crippen molar-refractivity contribution in [1.82, 2.24) is 4.90 Å². The van der Waals surface area contributed by atoms with Gasteiger partial charge in [-0.2, -0.15) is 0 Å². The average Bonchev–Trinajstić information content (AvgIpc) is 2.82. The molecular formula is C25H32Cl2N4O2. The third-order valence-electron chi connectivity index (χ3n) is 5.82. The SMILES string of the molecule is CCCCCCCC(=O)N1CCN(c2ccc(NC(=O)Nc3c(Cl)cccc3Cl)cc2)CC1. The summed E-state index contributed by atoms with van der Waals surface area (Å²) in [7, 11) is 0. The minimum absolute atomic E-state index is 0.273. The minimum Gasteiger partial charge on any atom is -0.368 e. The van der Waals surface area contributed by atoms with Crippen LogP contribution in [-0.2, 0) is 4.79 Å². The van der Waals surface area contributed by atoms with E-state index in [-0.39, 0.29) is 5.91 Å². The normalized spacial score (nSPS) is 13.7. The zero-order chi connectivity index (χ0) is 23.6. The number of unbranched alkanes of at least 4 members (excludes halogenated alkanes) is 4. The number of anilines is 3. The Kier molecular flexibility index (Phi) is 9.70. The molecule has 6 nitrogen and oxygen atoms in total. The maximum atomic E-state index is 12.4. The standard InChI is InChI=1S/C25H32Cl2N4O2/c1-2-3-4-5-6-10-23(32)31-17-15-30(16-18-31)20-13-11-19(12-14-20)28-25(33)29-24-21(26)8-7-9-22(24)27/h7-9,11-14H,2-6,10,15-18H2,1H3,(H2,28,29,33). The number of urea groups is 1. The molecule has 1 fully saturated rings. The van der Waals surface area contributed by atoms with E-state index < -0.39 is 6.03 Å². The molecule has 0 spiro atoms. The maximum Gasteiger partial charge on any atom is 0.323 e. The van der Waals surface area contributed by atoms with E-state index in [0.29, 0.717) is 27.8 Å². The molecule has 2 aromatic rings. The van der Waals surface area contributed by atoms with E-state index in [4.69, 9.17) is 23.2 Å². The van der Waals surface area contributed by atoms with Crippen LogP contribution in [-0.4, -0.2) is 43.0 Å². The number of nitrogens with one attached hydrogen (secondary N) is 2. The summed E-state index contributed by atoms with van der Waals surface area (Å²) < 4.78 is 0. The van der Waals surface area contributed by atoms with Gasteiger partial charge in [0.1, 0.15) is 0 Å². The second-order valence-corrected chi connectivity index (χ2v) is 9.07. The van der Waals surface area contributed by atoms with Crippen molar-refractivity contribution in [1.29, 1.82) is 0 Å². The third-order valence-corrected chi connectivity index (χ3v) is 6.45. The van der Waals surface area contributed by atoms with E-state index in [0.717, 1.165) is 44.7 Å². The number of carbonyl (C=O) groups is 2. The molecule has 1 heterocycles. The van der Waals surface area contributed by atoms with Gasteiger partial charge in [-0.3, -0.25) is 4.79 Å². The number of nitrogens with zero attached hydrogens (tertiary/aromatic N) is 2. The number of para-hydroxylation sites is 1. The highest BCUT2D eigenvalue weighted by atomic mass is 35.5. The Balaban J connectivity index is 1.44. The molecule has 33 heavy (non-hydrogen) atoms. The number of rotatable bonds is 9. The predicted molar refractivity (Wildman–Crippen MR) is 138 cm³/mol. The van der Waals surface area contributed by atoms with Crippen molar-refractivity contribution in [3.8, 4) is 0 Å². The van der Waals surface area contributed by atoms with Crippen LogP contribution in [0.25, 0.3) is 0 Å². The first-order valence-electron chi connectivity index (χ1n) is 11.6. The Morgan fingerprint density at radius 3 is 2.12 bits per heavy atom. The van der Waals surface area contributed by atoms with Gasteiger partial charge >= 0.3 is 6.03 Å². The molecule has 0 bridgehead atoms. The molecule has 3 amide bonds. The van der Waals surface area contributed by atoms with Crippen LogP contribution < -0.4 is 15.5 Å². The lowest BCUT2D eigenvalue weighted by atomic mass is 10.1. The highest BCUT2D eigenvalue weighted by Crippen LogP contribution is 2.30. The summed E-state index contributed by atoms with van der Waals surface area (Å²) in [6.07, 6.45) is 6.48. The number of amides is 3. The second kappa shape index (κ2) is 12.7. The Morgan fingerprint density at radius 1 is 0.848 bits per heavy atom. The zero-order valence-electron chi connectivity index (χ0n) is 19.1. The number of benzene rings is 2. The van der Waals surface area contributed by atoms with Crippen LogP contribution in [0, 0.1) is 0 Å². The lowest BCUT2D eigenvalue weighted by Crippen LogP contribution is -2.48. The topological polar surface area (TPSA) is 64.7 Å². The molecule has 0 atom stereocenters. The average molecular weight is 491 g/mol. The van der Waals surface area contributed by atoms with Gasteiger partial charge in [-0.1, -0.05) is 61.9 Å². The van der Waals surface area contributed by atoms with E-state index in [1.165, 1.54) is 19.3 Å². The summed E-state index contributed by atoms with van der Waals surface area (Å²) in [6, 6.07) is 12.3. The third kappa shape index (κ3) is 7.54.